The number of fused-ring (bicyclic) bond motifs is 1. The van der Waals surface area contributed by atoms with Gasteiger partial charge in [0.05, 0.1) is 10.6 Å². The average Bonchev–Trinajstić information content (AvgIpc) is 2.81. The van der Waals surface area contributed by atoms with Crippen molar-refractivity contribution < 1.29 is 14.7 Å². The third-order valence-electron chi connectivity index (χ3n) is 2.64. The van der Waals surface area contributed by atoms with Gasteiger partial charge in [-0.3, -0.25) is 14.3 Å². The van der Waals surface area contributed by atoms with Crippen LogP contribution in [0.1, 0.15) is 22.3 Å². The van der Waals surface area contributed by atoms with Crippen LogP contribution in [-0.2, 0) is 11.8 Å². The summed E-state index contributed by atoms with van der Waals surface area (Å²) < 4.78 is 1.72. The zero-order valence-electron chi connectivity index (χ0n) is 10.2. The second-order valence-corrected chi connectivity index (χ2v) is 5.10. The number of rotatable bonds is 3. The lowest BCUT2D eigenvalue weighted by molar-refractivity contribution is -0.138. The molecule has 0 radical (unpaired) electrons. The summed E-state index contributed by atoms with van der Waals surface area (Å²) in [5, 5.41) is 16.3. The van der Waals surface area contributed by atoms with Crippen molar-refractivity contribution in [1.29, 1.82) is 0 Å². The number of carbonyl (C=O) groups excluding carboxylic acids is 1. The van der Waals surface area contributed by atoms with Crippen molar-refractivity contribution >= 4 is 33.4 Å². The van der Waals surface area contributed by atoms with Crippen molar-refractivity contribution in [3.8, 4) is 0 Å². The van der Waals surface area contributed by atoms with Gasteiger partial charge in [0.15, 0.2) is 0 Å². The van der Waals surface area contributed by atoms with Crippen LogP contribution in [0.3, 0.4) is 0 Å². The SMILES string of the molecule is Cc1nn(C)c2sc(C(=O)N[C@H](C)C(=O)O)cc12. The van der Waals surface area contributed by atoms with E-state index in [0.29, 0.717) is 4.88 Å². The summed E-state index contributed by atoms with van der Waals surface area (Å²) in [7, 11) is 1.81. The van der Waals surface area contributed by atoms with Crippen molar-refractivity contribution in [3.05, 3.63) is 16.6 Å². The summed E-state index contributed by atoms with van der Waals surface area (Å²) >= 11 is 1.30. The highest BCUT2D eigenvalue weighted by molar-refractivity contribution is 7.20. The summed E-state index contributed by atoms with van der Waals surface area (Å²) in [6, 6.07) is 0.841. The van der Waals surface area contributed by atoms with Crippen LogP contribution in [0.5, 0.6) is 0 Å². The number of aliphatic carboxylic acids is 1. The molecule has 6 nitrogen and oxygen atoms in total. The maximum absolute atomic E-state index is 11.9. The number of thiophene rings is 1. The van der Waals surface area contributed by atoms with E-state index in [1.165, 1.54) is 18.3 Å². The van der Waals surface area contributed by atoms with Gasteiger partial charge in [-0.25, -0.2) is 0 Å². The van der Waals surface area contributed by atoms with Crippen LogP contribution < -0.4 is 5.32 Å². The van der Waals surface area contributed by atoms with Crippen LogP contribution in [0.2, 0.25) is 0 Å². The lowest BCUT2D eigenvalue weighted by atomic mass is 10.3. The van der Waals surface area contributed by atoms with E-state index in [9.17, 15) is 9.59 Å². The van der Waals surface area contributed by atoms with Crippen LogP contribution in [0, 0.1) is 6.92 Å². The van der Waals surface area contributed by atoms with E-state index in [4.69, 9.17) is 5.11 Å². The zero-order chi connectivity index (χ0) is 13.4. The number of amides is 1. The standard InChI is InChI=1S/C11H13N3O3S/c1-5-7-4-8(18-10(7)14(3)13-5)9(15)12-6(2)11(16)17/h4,6H,1-3H3,(H,12,15)(H,16,17)/t6-/m1/s1. The minimum atomic E-state index is -1.05. The predicted octanol–water partition coefficient (Wildman–Crippen LogP) is 1.15. The van der Waals surface area contributed by atoms with E-state index >= 15 is 0 Å². The Morgan fingerprint density at radius 1 is 1.56 bits per heavy atom. The zero-order valence-corrected chi connectivity index (χ0v) is 11.0. The van der Waals surface area contributed by atoms with Gasteiger partial charge < -0.3 is 10.4 Å². The first-order valence-corrected chi connectivity index (χ1v) is 6.18. The van der Waals surface area contributed by atoms with Crippen molar-refractivity contribution in [3.63, 3.8) is 0 Å². The van der Waals surface area contributed by atoms with E-state index in [2.05, 4.69) is 10.4 Å². The Bertz CT molecular complexity index is 594. The number of nitrogens with one attached hydrogen (secondary N) is 1. The van der Waals surface area contributed by atoms with Crippen LogP contribution >= 0.6 is 11.3 Å². The smallest absolute Gasteiger partial charge is 0.325 e. The summed E-state index contributed by atoms with van der Waals surface area (Å²) in [6.45, 7) is 3.30. The van der Waals surface area contributed by atoms with Crippen molar-refractivity contribution in [2.45, 2.75) is 19.9 Å². The molecule has 7 heteroatoms. The first-order valence-electron chi connectivity index (χ1n) is 5.37. The maximum Gasteiger partial charge on any atom is 0.325 e. The molecule has 0 aliphatic carbocycles. The molecule has 2 rings (SSSR count). The van der Waals surface area contributed by atoms with Gasteiger partial charge >= 0.3 is 5.97 Å². The molecule has 1 atom stereocenters. The molecular weight excluding hydrogens is 254 g/mol. The molecule has 2 N–H and O–H groups in total. The Morgan fingerprint density at radius 2 is 2.22 bits per heavy atom. The second kappa shape index (κ2) is 4.41. The highest BCUT2D eigenvalue weighted by Gasteiger charge is 2.19. The van der Waals surface area contributed by atoms with Gasteiger partial charge in [-0.15, -0.1) is 11.3 Å². The minimum absolute atomic E-state index is 0.370. The molecule has 2 aromatic heterocycles. The number of carbonyl (C=O) groups is 2. The molecule has 1 amide bonds. The monoisotopic (exact) mass is 267 g/mol. The summed E-state index contributed by atoms with van der Waals surface area (Å²) in [5.41, 5.74) is 0.856. The third kappa shape index (κ3) is 2.08. The molecular formula is C11H13N3O3S. The van der Waals surface area contributed by atoms with Gasteiger partial charge in [0.1, 0.15) is 10.9 Å². The number of hydrogen-bond acceptors (Lipinski definition) is 4. The van der Waals surface area contributed by atoms with Crippen LogP contribution in [0.4, 0.5) is 0 Å². The largest absolute Gasteiger partial charge is 0.480 e. The molecule has 0 aromatic carbocycles. The number of aromatic nitrogens is 2. The molecule has 0 unspecified atom stereocenters. The number of carboxylic acid groups (broad SMARTS) is 1. The molecule has 0 saturated heterocycles. The third-order valence-corrected chi connectivity index (χ3v) is 3.84. The second-order valence-electron chi connectivity index (χ2n) is 4.07. The van der Waals surface area contributed by atoms with E-state index in [-0.39, 0.29) is 5.91 Å². The average molecular weight is 267 g/mol. The summed E-state index contributed by atoms with van der Waals surface area (Å²) in [5.74, 6) is -1.42. The molecule has 0 aliphatic heterocycles. The lowest BCUT2D eigenvalue weighted by Crippen LogP contribution is -2.37. The fraction of sp³-hybridized carbons (Fsp3) is 0.364. The quantitative estimate of drug-likeness (QED) is 0.873. The normalized spacial score (nSPS) is 12.6. The van der Waals surface area contributed by atoms with Crippen LogP contribution in [0.15, 0.2) is 6.07 Å². The van der Waals surface area contributed by atoms with E-state index in [0.717, 1.165) is 15.9 Å². The molecule has 96 valence electrons. The van der Waals surface area contributed by atoms with Crippen LogP contribution in [-0.4, -0.2) is 32.8 Å². The number of nitrogens with zero attached hydrogens (tertiary/aromatic N) is 2. The van der Waals surface area contributed by atoms with Gasteiger partial charge in [0.2, 0.25) is 0 Å². The Balaban J connectivity index is 2.29. The minimum Gasteiger partial charge on any atom is -0.480 e. The van der Waals surface area contributed by atoms with Crippen molar-refractivity contribution in [2.75, 3.05) is 0 Å². The summed E-state index contributed by atoms with van der Waals surface area (Å²) in [6.07, 6.45) is 0. The van der Waals surface area contributed by atoms with E-state index in [1.807, 2.05) is 14.0 Å². The molecule has 2 aromatic rings. The molecule has 0 saturated carbocycles. The fourth-order valence-corrected chi connectivity index (χ4v) is 2.67. The fourth-order valence-electron chi connectivity index (χ4n) is 1.65. The number of aryl methyl sites for hydroxylation is 2. The van der Waals surface area contributed by atoms with E-state index in [1.54, 1.807) is 10.7 Å². The first-order chi connectivity index (χ1) is 8.40. The Labute approximate surface area is 107 Å². The summed E-state index contributed by atoms with van der Waals surface area (Å²) in [4.78, 5) is 23.9. The molecule has 0 aliphatic rings. The van der Waals surface area contributed by atoms with Gasteiger partial charge in [-0.2, -0.15) is 5.10 Å². The Morgan fingerprint density at radius 3 is 2.78 bits per heavy atom. The molecule has 18 heavy (non-hydrogen) atoms. The van der Waals surface area contributed by atoms with Gasteiger partial charge in [-0.1, -0.05) is 0 Å². The van der Waals surface area contributed by atoms with Gasteiger partial charge in [0.25, 0.3) is 5.91 Å². The lowest BCUT2D eigenvalue weighted by Gasteiger charge is -2.07. The van der Waals surface area contributed by atoms with Gasteiger partial charge in [-0.05, 0) is 19.9 Å². The highest BCUT2D eigenvalue weighted by atomic mass is 32.1. The Hall–Kier alpha value is -1.89. The van der Waals surface area contributed by atoms with Gasteiger partial charge in [0, 0.05) is 12.4 Å². The Kier molecular flexibility index (Phi) is 3.08. The first kappa shape index (κ1) is 12.6. The predicted molar refractivity (Wildman–Crippen MR) is 67.9 cm³/mol. The topological polar surface area (TPSA) is 84.2 Å². The van der Waals surface area contributed by atoms with Crippen molar-refractivity contribution in [1.82, 2.24) is 15.1 Å². The molecule has 0 spiro atoms. The molecule has 0 bridgehead atoms. The molecule has 2 heterocycles. The van der Waals surface area contributed by atoms with E-state index < -0.39 is 12.0 Å². The maximum atomic E-state index is 11.9. The number of hydrogen-bond donors (Lipinski definition) is 2. The van der Waals surface area contributed by atoms with Crippen LogP contribution in [0.25, 0.3) is 10.2 Å². The van der Waals surface area contributed by atoms with Crippen molar-refractivity contribution in [2.24, 2.45) is 7.05 Å². The number of carboxylic acids is 1. The molecule has 0 fully saturated rings. The highest BCUT2D eigenvalue weighted by Crippen LogP contribution is 2.27.